The molecule has 0 saturated carbocycles. The molecule has 0 bridgehead atoms. The zero-order valence-corrected chi connectivity index (χ0v) is 14.2. The molecule has 7 heteroatoms. The van der Waals surface area contributed by atoms with E-state index >= 15 is 0 Å². The van der Waals surface area contributed by atoms with Gasteiger partial charge in [0.15, 0.2) is 5.65 Å². The molecule has 0 fully saturated rings. The monoisotopic (exact) mass is 341 g/mol. The van der Waals surface area contributed by atoms with E-state index < -0.39 is 0 Å². The molecular weight excluding hydrogens is 321 g/mol. The number of nitrogens with zero attached hydrogens (tertiary/aromatic N) is 3. The highest BCUT2D eigenvalue weighted by molar-refractivity contribution is 5.91. The Labute approximate surface area is 145 Å². The van der Waals surface area contributed by atoms with Crippen LogP contribution in [0, 0.1) is 5.82 Å². The van der Waals surface area contributed by atoms with Crippen LogP contribution in [0.1, 0.15) is 25.5 Å². The van der Waals surface area contributed by atoms with Crippen molar-refractivity contribution < 1.29 is 9.18 Å². The number of carbonyl (C=O) groups excluding carboxylic acids is 1. The number of nitrogens with one attached hydrogen (secondary N) is 2. The zero-order chi connectivity index (χ0) is 17.8. The SMILES string of the molecule is CC(C)n1ncc2cc(NC(=O)NCCc3ccc(F)cc3)cnc21. The van der Waals surface area contributed by atoms with E-state index in [0.29, 0.717) is 18.7 Å². The number of halogens is 1. The molecule has 3 aromatic rings. The number of pyridine rings is 1. The van der Waals surface area contributed by atoms with E-state index in [4.69, 9.17) is 0 Å². The smallest absolute Gasteiger partial charge is 0.319 e. The maximum atomic E-state index is 12.8. The third-order valence-electron chi connectivity index (χ3n) is 3.79. The normalized spacial score (nSPS) is 11.0. The average Bonchev–Trinajstić information content (AvgIpc) is 3.00. The Morgan fingerprint density at radius 3 is 2.72 bits per heavy atom. The van der Waals surface area contributed by atoms with E-state index in [1.54, 1.807) is 24.5 Å². The van der Waals surface area contributed by atoms with Gasteiger partial charge in [0.05, 0.1) is 18.1 Å². The minimum Gasteiger partial charge on any atom is -0.338 e. The van der Waals surface area contributed by atoms with Crippen LogP contribution in [0.3, 0.4) is 0 Å². The van der Waals surface area contributed by atoms with Crippen molar-refractivity contribution in [2.45, 2.75) is 26.3 Å². The molecule has 0 unspecified atom stereocenters. The van der Waals surface area contributed by atoms with Gasteiger partial charge in [0.25, 0.3) is 0 Å². The summed E-state index contributed by atoms with van der Waals surface area (Å²) in [5.74, 6) is -0.266. The maximum Gasteiger partial charge on any atom is 0.319 e. The second-order valence-electron chi connectivity index (χ2n) is 6.08. The van der Waals surface area contributed by atoms with Crippen molar-refractivity contribution in [1.29, 1.82) is 0 Å². The van der Waals surface area contributed by atoms with Gasteiger partial charge < -0.3 is 10.6 Å². The quantitative estimate of drug-likeness (QED) is 0.746. The molecule has 1 aromatic carbocycles. The number of aromatic nitrogens is 3. The lowest BCUT2D eigenvalue weighted by Crippen LogP contribution is -2.30. The molecule has 0 aliphatic carbocycles. The molecular formula is C18H20FN5O. The molecule has 0 aliphatic heterocycles. The first kappa shape index (κ1) is 16.9. The molecule has 0 spiro atoms. The van der Waals surface area contributed by atoms with Crippen LogP contribution >= 0.6 is 0 Å². The first-order valence-electron chi connectivity index (χ1n) is 8.15. The number of urea groups is 1. The number of hydrogen-bond acceptors (Lipinski definition) is 3. The number of rotatable bonds is 5. The first-order valence-corrected chi connectivity index (χ1v) is 8.15. The van der Waals surface area contributed by atoms with Crippen LogP contribution in [0.4, 0.5) is 14.9 Å². The van der Waals surface area contributed by atoms with Crippen LogP contribution in [0.15, 0.2) is 42.7 Å². The minimum absolute atomic E-state index is 0.221. The van der Waals surface area contributed by atoms with Crippen LogP contribution in [-0.2, 0) is 6.42 Å². The predicted molar refractivity (Wildman–Crippen MR) is 95.0 cm³/mol. The van der Waals surface area contributed by atoms with Crippen molar-refractivity contribution in [2.75, 3.05) is 11.9 Å². The van der Waals surface area contributed by atoms with E-state index in [-0.39, 0.29) is 17.9 Å². The Bertz CT molecular complexity index is 873. The third-order valence-corrected chi connectivity index (χ3v) is 3.79. The van der Waals surface area contributed by atoms with E-state index in [0.717, 1.165) is 16.6 Å². The second-order valence-corrected chi connectivity index (χ2v) is 6.08. The summed E-state index contributed by atoms with van der Waals surface area (Å²) in [5.41, 5.74) is 2.36. The summed E-state index contributed by atoms with van der Waals surface area (Å²) in [7, 11) is 0. The Morgan fingerprint density at radius 2 is 2.00 bits per heavy atom. The summed E-state index contributed by atoms with van der Waals surface area (Å²) in [6, 6.07) is 7.99. The molecule has 2 N–H and O–H groups in total. The van der Waals surface area contributed by atoms with Crippen molar-refractivity contribution >= 4 is 22.8 Å². The van der Waals surface area contributed by atoms with E-state index in [1.807, 2.05) is 24.6 Å². The lowest BCUT2D eigenvalue weighted by molar-refractivity contribution is 0.252. The highest BCUT2D eigenvalue weighted by atomic mass is 19.1. The van der Waals surface area contributed by atoms with Gasteiger partial charge in [-0.25, -0.2) is 18.9 Å². The first-order chi connectivity index (χ1) is 12.0. The Hall–Kier alpha value is -2.96. The molecule has 2 aromatic heterocycles. The van der Waals surface area contributed by atoms with Gasteiger partial charge in [0.1, 0.15) is 5.82 Å². The van der Waals surface area contributed by atoms with Gasteiger partial charge >= 0.3 is 6.03 Å². The van der Waals surface area contributed by atoms with Crippen molar-refractivity contribution in [3.8, 4) is 0 Å². The van der Waals surface area contributed by atoms with Gasteiger partial charge in [-0.3, -0.25) is 0 Å². The lowest BCUT2D eigenvalue weighted by Gasteiger charge is -2.09. The molecule has 2 amide bonds. The molecule has 2 heterocycles. The number of fused-ring (bicyclic) bond motifs is 1. The van der Waals surface area contributed by atoms with Crippen LogP contribution in [0.5, 0.6) is 0 Å². The van der Waals surface area contributed by atoms with E-state index in [9.17, 15) is 9.18 Å². The summed E-state index contributed by atoms with van der Waals surface area (Å²) in [5, 5.41) is 10.7. The van der Waals surface area contributed by atoms with Crippen LogP contribution < -0.4 is 10.6 Å². The van der Waals surface area contributed by atoms with Gasteiger partial charge in [-0.05, 0) is 44.0 Å². The van der Waals surface area contributed by atoms with E-state index in [1.165, 1.54) is 12.1 Å². The fraction of sp³-hybridized carbons (Fsp3) is 0.278. The van der Waals surface area contributed by atoms with Gasteiger partial charge in [-0.15, -0.1) is 0 Å². The molecule has 25 heavy (non-hydrogen) atoms. The summed E-state index contributed by atoms with van der Waals surface area (Å²) < 4.78 is 14.7. The molecule has 0 atom stereocenters. The Balaban J connectivity index is 1.55. The summed E-state index contributed by atoms with van der Waals surface area (Å²) in [6.07, 6.45) is 3.98. The Kier molecular flexibility index (Phi) is 4.92. The van der Waals surface area contributed by atoms with Gasteiger partial charge in [-0.2, -0.15) is 5.10 Å². The molecule has 0 radical (unpaired) electrons. The largest absolute Gasteiger partial charge is 0.338 e. The Morgan fingerprint density at radius 1 is 1.24 bits per heavy atom. The van der Waals surface area contributed by atoms with Crippen molar-refractivity contribution in [3.05, 3.63) is 54.1 Å². The summed E-state index contributed by atoms with van der Waals surface area (Å²) in [6.45, 7) is 4.53. The zero-order valence-electron chi connectivity index (χ0n) is 14.2. The molecule has 130 valence electrons. The second kappa shape index (κ2) is 7.29. The minimum atomic E-state index is -0.306. The lowest BCUT2D eigenvalue weighted by atomic mass is 10.1. The van der Waals surface area contributed by atoms with Crippen molar-refractivity contribution in [1.82, 2.24) is 20.1 Å². The van der Waals surface area contributed by atoms with Gasteiger partial charge in [0.2, 0.25) is 0 Å². The molecule has 0 aliphatic rings. The number of benzene rings is 1. The number of hydrogen-bond donors (Lipinski definition) is 2. The fourth-order valence-corrected chi connectivity index (χ4v) is 2.53. The standard InChI is InChI=1S/C18H20FN5O/c1-12(2)24-17-14(10-22-24)9-16(11-21-17)23-18(25)20-8-7-13-3-5-15(19)6-4-13/h3-6,9-12H,7-8H2,1-2H3,(H2,20,23,25). The molecule has 3 rings (SSSR count). The predicted octanol–water partition coefficient (Wildman–Crippen LogP) is 3.52. The van der Waals surface area contributed by atoms with Gasteiger partial charge in [0, 0.05) is 18.0 Å². The molecule has 6 nitrogen and oxygen atoms in total. The van der Waals surface area contributed by atoms with Crippen LogP contribution in [0.2, 0.25) is 0 Å². The topological polar surface area (TPSA) is 71.8 Å². The van der Waals surface area contributed by atoms with Gasteiger partial charge in [-0.1, -0.05) is 12.1 Å². The molecule has 0 saturated heterocycles. The maximum absolute atomic E-state index is 12.8. The van der Waals surface area contributed by atoms with E-state index in [2.05, 4.69) is 20.7 Å². The number of amides is 2. The fourth-order valence-electron chi connectivity index (χ4n) is 2.53. The van der Waals surface area contributed by atoms with Crippen molar-refractivity contribution in [2.24, 2.45) is 0 Å². The van der Waals surface area contributed by atoms with Crippen LogP contribution in [0.25, 0.3) is 11.0 Å². The van der Waals surface area contributed by atoms with Crippen molar-refractivity contribution in [3.63, 3.8) is 0 Å². The van der Waals surface area contributed by atoms with Crippen LogP contribution in [-0.4, -0.2) is 27.3 Å². The average molecular weight is 341 g/mol. The summed E-state index contributed by atoms with van der Waals surface area (Å²) >= 11 is 0. The number of anilines is 1. The third kappa shape index (κ3) is 4.12. The number of carbonyl (C=O) groups is 1. The highest BCUT2D eigenvalue weighted by Crippen LogP contribution is 2.18. The highest BCUT2D eigenvalue weighted by Gasteiger charge is 2.09. The summed E-state index contributed by atoms with van der Waals surface area (Å²) in [4.78, 5) is 16.3.